The Labute approximate surface area is 156 Å². The van der Waals surface area contributed by atoms with E-state index in [1.54, 1.807) is 12.1 Å². The molecule has 142 valence electrons. The van der Waals surface area contributed by atoms with Gasteiger partial charge in [-0.3, -0.25) is 0 Å². The van der Waals surface area contributed by atoms with Crippen molar-refractivity contribution in [3.8, 4) is 28.7 Å². The summed E-state index contributed by atoms with van der Waals surface area (Å²) in [5.74, 6) is 2.67. The summed E-state index contributed by atoms with van der Waals surface area (Å²) >= 11 is 0. The van der Waals surface area contributed by atoms with Crippen molar-refractivity contribution in [3.05, 3.63) is 41.5 Å². The number of aliphatic hydroxyl groups excluding tert-OH is 1. The molecule has 3 aliphatic heterocycles. The maximum atomic E-state index is 10.4. The molecule has 27 heavy (non-hydrogen) atoms. The molecule has 2 aromatic rings. The normalized spacial score (nSPS) is 25.1. The van der Waals surface area contributed by atoms with Crippen molar-refractivity contribution in [1.82, 2.24) is 0 Å². The fourth-order valence-electron chi connectivity index (χ4n) is 4.04. The lowest BCUT2D eigenvalue weighted by molar-refractivity contribution is 0.0699. The summed E-state index contributed by atoms with van der Waals surface area (Å²) in [5, 5.41) is 20.4. The van der Waals surface area contributed by atoms with Gasteiger partial charge >= 0.3 is 0 Å². The van der Waals surface area contributed by atoms with Crippen molar-refractivity contribution >= 4 is 0 Å². The van der Waals surface area contributed by atoms with E-state index in [1.165, 1.54) is 0 Å². The lowest BCUT2D eigenvalue weighted by Gasteiger charge is -2.22. The number of aromatic hydroxyl groups is 1. The first-order chi connectivity index (χ1) is 13.2. The van der Waals surface area contributed by atoms with E-state index in [0.717, 1.165) is 23.5 Å². The molecule has 1 fully saturated rings. The van der Waals surface area contributed by atoms with E-state index < -0.39 is 6.10 Å². The van der Waals surface area contributed by atoms with Crippen LogP contribution in [0.25, 0.3) is 0 Å². The van der Waals surface area contributed by atoms with Crippen LogP contribution >= 0.6 is 0 Å². The van der Waals surface area contributed by atoms with Gasteiger partial charge in [-0.1, -0.05) is 6.07 Å². The molecule has 5 rings (SSSR count). The SMILES string of the molecule is OCC1C(Cc2ccc3c(c2)OCO3)COC1c1cc2c(cc1O)OCO2. The minimum atomic E-state index is -0.400. The Kier molecular flexibility index (Phi) is 3.98. The van der Waals surface area contributed by atoms with E-state index in [-0.39, 0.29) is 37.8 Å². The lowest BCUT2D eigenvalue weighted by Crippen LogP contribution is -2.21. The minimum Gasteiger partial charge on any atom is -0.507 e. The van der Waals surface area contributed by atoms with Gasteiger partial charge in [0.25, 0.3) is 0 Å². The van der Waals surface area contributed by atoms with Crippen LogP contribution < -0.4 is 18.9 Å². The van der Waals surface area contributed by atoms with Crippen LogP contribution in [-0.2, 0) is 11.2 Å². The number of benzene rings is 2. The molecule has 0 radical (unpaired) electrons. The number of fused-ring (bicyclic) bond motifs is 2. The highest BCUT2D eigenvalue weighted by Crippen LogP contribution is 2.47. The average Bonchev–Trinajstić information content (AvgIpc) is 3.39. The van der Waals surface area contributed by atoms with Gasteiger partial charge in [0.2, 0.25) is 13.6 Å². The van der Waals surface area contributed by atoms with Gasteiger partial charge in [-0.15, -0.1) is 0 Å². The number of phenolic OH excluding ortho intramolecular Hbond substituents is 1. The van der Waals surface area contributed by atoms with Crippen LogP contribution in [0, 0.1) is 11.8 Å². The smallest absolute Gasteiger partial charge is 0.231 e. The van der Waals surface area contributed by atoms with Crippen LogP contribution in [0.15, 0.2) is 30.3 Å². The van der Waals surface area contributed by atoms with Gasteiger partial charge in [-0.25, -0.2) is 0 Å². The molecular formula is C20H20O7. The Hall–Kier alpha value is -2.64. The van der Waals surface area contributed by atoms with Crippen molar-refractivity contribution in [3.63, 3.8) is 0 Å². The lowest BCUT2D eigenvalue weighted by atomic mass is 9.84. The number of rotatable bonds is 4. The summed E-state index contributed by atoms with van der Waals surface area (Å²) < 4.78 is 27.5. The molecule has 0 aromatic heterocycles. The van der Waals surface area contributed by atoms with Crippen molar-refractivity contribution < 1.29 is 33.9 Å². The zero-order chi connectivity index (χ0) is 18.4. The standard InChI is InChI=1S/C20H20O7/c21-7-14-12(3-11-1-2-16-17(4-11)25-9-24-16)8-23-20(14)13-5-18-19(6-15(13)22)27-10-26-18/h1-2,4-6,12,14,20-22H,3,7-10H2. The Morgan fingerprint density at radius 1 is 0.889 bits per heavy atom. The fourth-order valence-corrected chi connectivity index (χ4v) is 4.04. The van der Waals surface area contributed by atoms with E-state index >= 15 is 0 Å². The van der Waals surface area contributed by atoms with Gasteiger partial charge in [0, 0.05) is 24.2 Å². The quantitative estimate of drug-likeness (QED) is 0.852. The average molecular weight is 372 g/mol. The Bertz CT molecular complexity index is 866. The van der Waals surface area contributed by atoms with Crippen molar-refractivity contribution in [2.75, 3.05) is 26.8 Å². The third-order valence-corrected chi connectivity index (χ3v) is 5.46. The first-order valence-corrected chi connectivity index (χ1v) is 8.96. The molecule has 7 heteroatoms. The predicted octanol–water partition coefficient (Wildman–Crippen LogP) is 2.39. The van der Waals surface area contributed by atoms with E-state index in [1.807, 2.05) is 18.2 Å². The zero-order valence-electron chi connectivity index (χ0n) is 14.6. The van der Waals surface area contributed by atoms with Crippen LogP contribution in [0.4, 0.5) is 0 Å². The molecule has 2 N–H and O–H groups in total. The van der Waals surface area contributed by atoms with Crippen molar-refractivity contribution in [1.29, 1.82) is 0 Å². The number of ether oxygens (including phenoxy) is 5. The molecular weight excluding hydrogens is 352 g/mol. The maximum Gasteiger partial charge on any atom is 0.231 e. The second-order valence-corrected chi connectivity index (χ2v) is 7.02. The Balaban J connectivity index is 1.38. The van der Waals surface area contributed by atoms with E-state index in [2.05, 4.69) is 0 Å². The molecule has 1 saturated heterocycles. The number of aliphatic hydroxyl groups is 1. The highest BCUT2D eigenvalue weighted by molar-refractivity contribution is 5.52. The van der Waals surface area contributed by atoms with Gasteiger partial charge in [0.1, 0.15) is 5.75 Å². The summed E-state index contributed by atoms with van der Waals surface area (Å²) in [7, 11) is 0. The molecule has 0 aliphatic carbocycles. The molecule has 0 saturated carbocycles. The zero-order valence-corrected chi connectivity index (χ0v) is 14.6. The van der Waals surface area contributed by atoms with Gasteiger partial charge < -0.3 is 33.9 Å². The van der Waals surface area contributed by atoms with Crippen LogP contribution in [0.3, 0.4) is 0 Å². The summed E-state index contributed by atoms with van der Waals surface area (Å²) in [4.78, 5) is 0. The monoisotopic (exact) mass is 372 g/mol. The first-order valence-electron chi connectivity index (χ1n) is 8.96. The molecule has 7 nitrogen and oxygen atoms in total. The summed E-state index contributed by atoms with van der Waals surface area (Å²) in [5.41, 5.74) is 1.72. The van der Waals surface area contributed by atoms with Gasteiger partial charge in [-0.2, -0.15) is 0 Å². The van der Waals surface area contributed by atoms with E-state index in [9.17, 15) is 10.2 Å². The van der Waals surface area contributed by atoms with Gasteiger partial charge in [0.05, 0.1) is 12.7 Å². The Morgan fingerprint density at radius 3 is 2.37 bits per heavy atom. The molecule has 3 heterocycles. The van der Waals surface area contributed by atoms with E-state index in [4.69, 9.17) is 23.7 Å². The largest absolute Gasteiger partial charge is 0.507 e. The van der Waals surface area contributed by atoms with E-state index in [0.29, 0.717) is 23.7 Å². The van der Waals surface area contributed by atoms with Gasteiger partial charge in [-0.05, 0) is 36.1 Å². The molecule has 0 spiro atoms. The van der Waals surface area contributed by atoms with Crippen LogP contribution in [0.5, 0.6) is 28.7 Å². The summed E-state index contributed by atoms with van der Waals surface area (Å²) in [6, 6.07) is 9.17. The second kappa shape index (κ2) is 6.51. The highest BCUT2D eigenvalue weighted by Gasteiger charge is 2.39. The first kappa shape index (κ1) is 16.5. The number of hydrogen-bond donors (Lipinski definition) is 2. The molecule has 3 aliphatic rings. The van der Waals surface area contributed by atoms with Crippen molar-refractivity contribution in [2.24, 2.45) is 11.8 Å². The second-order valence-electron chi connectivity index (χ2n) is 7.02. The fraction of sp³-hybridized carbons (Fsp3) is 0.400. The molecule has 0 bridgehead atoms. The highest BCUT2D eigenvalue weighted by atomic mass is 16.7. The molecule has 2 aromatic carbocycles. The Morgan fingerprint density at radius 2 is 1.59 bits per heavy atom. The predicted molar refractivity (Wildman–Crippen MR) is 93.3 cm³/mol. The number of phenols is 1. The minimum absolute atomic E-state index is 0.0340. The summed E-state index contributed by atoms with van der Waals surface area (Å²) in [6.45, 7) is 0.849. The van der Waals surface area contributed by atoms with Crippen molar-refractivity contribution in [2.45, 2.75) is 12.5 Å². The van der Waals surface area contributed by atoms with Crippen LogP contribution in [0.1, 0.15) is 17.2 Å². The molecule has 3 unspecified atom stereocenters. The number of hydrogen-bond acceptors (Lipinski definition) is 7. The molecule has 0 amide bonds. The maximum absolute atomic E-state index is 10.4. The third kappa shape index (κ3) is 2.83. The van der Waals surface area contributed by atoms with Gasteiger partial charge in [0.15, 0.2) is 23.0 Å². The van der Waals surface area contributed by atoms with Crippen LogP contribution in [0.2, 0.25) is 0 Å². The van der Waals surface area contributed by atoms with Crippen LogP contribution in [-0.4, -0.2) is 37.0 Å². The summed E-state index contributed by atoms with van der Waals surface area (Å²) in [6.07, 6.45) is 0.340. The molecule has 3 atom stereocenters. The topological polar surface area (TPSA) is 86.6 Å². The third-order valence-electron chi connectivity index (χ3n) is 5.46.